The van der Waals surface area contributed by atoms with Crippen LogP contribution in [0.5, 0.6) is 0 Å². The smallest absolute Gasteiger partial charge is 0.133 e. The van der Waals surface area contributed by atoms with Crippen molar-refractivity contribution >= 4 is 23.1 Å². The van der Waals surface area contributed by atoms with Crippen LogP contribution in [0.3, 0.4) is 0 Å². The molecule has 16 heavy (non-hydrogen) atoms. The van der Waals surface area contributed by atoms with E-state index >= 15 is 0 Å². The summed E-state index contributed by atoms with van der Waals surface area (Å²) < 4.78 is 0. The van der Waals surface area contributed by atoms with Gasteiger partial charge in [-0.1, -0.05) is 11.6 Å². The van der Waals surface area contributed by atoms with E-state index in [1.807, 2.05) is 19.2 Å². The summed E-state index contributed by atoms with van der Waals surface area (Å²) in [5, 5.41) is 3.57. The minimum absolute atomic E-state index is 0.542. The van der Waals surface area contributed by atoms with E-state index in [4.69, 9.17) is 11.6 Å². The van der Waals surface area contributed by atoms with E-state index in [1.54, 1.807) is 0 Å². The second-order valence-electron chi connectivity index (χ2n) is 4.07. The zero-order valence-electron chi connectivity index (χ0n) is 9.70. The van der Waals surface area contributed by atoms with Gasteiger partial charge in [0.05, 0.1) is 0 Å². The Morgan fingerprint density at radius 2 is 1.94 bits per heavy atom. The predicted molar refractivity (Wildman–Crippen MR) is 68.5 cm³/mol. The van der Waals surface area contributed by atoms with Crippen LogP contribution < -0.4 is 10.2 Å². The van der Waals surface area contributed by atoms with E-state index in [1.165, 1.54) is 0 Å². The number of pyridine rings is 1. The van der Waals surface area contributed by atoms with Crippen LogP contribution in [0, 0.1) is 0 Å². The first kappa shape index (κ1) is 11.5. The van der Waals surface area contributed by atoms with Crippen LogP contribution >= 0.6 is 11.6 Å². The van der Waals surface area contributed by atoms with Crippen molar-refractivity contribution in [3.05, 3.63) is 17.3 Å². The third-order valence-corrected chi connectivity index (χ3v) is 3.10. The molecule has 0 aliphatic carbocycles. The topological polar surface area (TPSA) is 31.4 Å². The number of piperazine rings is 1. The summed E-state index contributed by atoms with van der Waals surface area (Å²) in [5.74, 6) is 0.821. The Hall–Kier alpha value is -1.00. The van der Waals surface area contributed by atoms with E-state index in [2.05, 4.69) is 27.1 Å². The first-order chi connectivity index (χ1) is 7.69. The second kappa shape index (κ2) is 4.89. The first-order valence-corrected chi connectivity index (χ1v) is 5.85. The third-order valence-electron chi connectivity index (χ3n) is 2.90. The lowest BCUT2D eigenvalue weighted by Gasteiger charge is -2.34. The molecule has 1 aliphatic rings. The van der Waals surface area contributed by atoms with E-state index in [0.717, 1.165) is 37.7 Å². The molecular weight excluding hydrogens is 224 g/mol. The van der Waals surface area contributed by atoms with Crippen molar-refractivity contribution in [2.75, 3.05) is 50.5 Å². The number of nitrogens with zero attached hydrogens (tertiary/aromatic N) is 3. The van der Waals surface area contributed by atoms with Crippen molar-refractivity contribution in [2.24, 2.45) is 0 Å². The van der Waals surface area contributed by atoms with Gasteiger partial charge in [-0.15, -0.1) is 0 Å². The van der Waals surface area contributed by atoms with Crippen molar-refractivity contribution < 1.29 is 0 Å². The summed E-state index contributed by atoms with van der Waals surface area (Å²) in [5.41, 5.74) is 1.15. The van der Waals surface area contributed by atoms with Crippen molar-refractivity contribution in [3.8, 4) is 0 Å². The molecule has 0 spiro atoms. The number of nitrogens with one attached hydrogen (secondary N) is 1. The fourth-order valence-corrected chi connectivity index (χ4v) is 2.06. The molecule has 1 N–H and O–H groups in total. The van der Waals surface area contributed by atoms with Gasteiger partial charge in [0.1, 0.15) is 11.0 Å². The first-order valence-electron chi connectivity index (χ1n) is 5.48. The molecule has 5 heteroatoms. The van der Waals surface area contributed by atoms with Crippen LogP contribution in [0.2, 0.25) is 5.15 Å². The number of halogens is 1. The maximum atomic E-state index is 5.99. The number of aromatic nitrogens is 1. The lowest BCUT2D eigenvalue weighted by Crippen LogP contribution is -2.44. The maximum absolute atomic E-state index is 5.99. The molecule has 1 aromatic rings. The minimum Gasteiger partial charge on any atom is -0.373 e. The standard InChI is InChI=1S/C11H17ClN4/c1-13-11-8-9(7-10(12)14-11)16-5-3-15(2)4-6-16/h7-8H,3-6H2,1-2H3,(H,13,14). The Balaban J connectivity index is 2.16. The molecule has 1 aromatic heterocycles. The van der Waals surface area contributed by atoms with Gasteiger partial charge in [-0.3, -0.25) is 0 Å². The van der Waals surface area contributed by atoms with E-state index in [0.29, 0.717) is 5.15 Å². The summed E-state index contributed by atoms with van der Waals surface area (Å²) in [6.45, 7) is 4.27. The molecule has 1 aliphatic heterocycles. The highest BCUT2D eigenvalue weighted by molar-refractivity contribution is 6.29. The van der Waals surface area contributed by atoms with Gasteiger partial charge in [-0.2, -0.15) is 0 Å². The van der Waals surface area contributed by atoms with Gasteiger partial charge < -0.3 is 15.1 Å². The van der Waals surface area contributed by atoms with E-state index in [9.17, 15) is 0 Å². The number of likely N-dealkylation sites (N-methyl/N-ethyl adjacent to an activating group) is 1. The van der Waals surface area contributed by atoms with Gasteiger partial charge >= 0.3 is 0 Å². The summed E-state index contributed by atoms with van der Waals surface area (Å²) in [6, 6.07) is 3.96. The highest BCUT2D eigenvalue weighted by atomic mass is 35.5. The Morgan fingerprint density at radius 1 is 1.25 bits per heavy atom. The highest BCUT2D eigenvalue weighted by Crippen LogP contribution is 2.23. The van der Waals surface area contributed by atoms with Crippen molar-refractivity contribution in [1.29, 1.82) is 0 Å². The van der Waals surface area contributed by atoms with Crippen molar-refractivity contribution in [2.45, 2.75) is 0 Å². The average Bonchev–Trinajstić information content (AvgIpc) is 2.29. The van der Waals surface area contributed by atoms with Gasteiger partial charge in [0.15, 0.2) is 0 Å². The van der Waals surface area contributed by atoms with Crippen LogP contribution in [0.4, 0.5) is 11.5 Å². The Labute approximate surface area is 101 Å². The zero-order valence-corrected chi connectivity index (χ0v) is 10.5. The molecular formula is C11H17ClN4. The van der Waals surface area contributed by atoms with Crippen LogP contribution in [0.25, 0.3) is 0 Å². The molecule has 0 radical (unpaired) electrons. The molecule has 1 saturated heterocycles. The molecule has 0 atom stereocenters. The van der Waals surface area contributed by atoms with E-state index in [-0.39, 0.29) is 0 Å². The lowest BCUT2D eigenvalue weighted by molar-refractivity contribution is 0.313. The quantitative estimate of drug-likeness (QED) is 0.795. The molecule has 4 nitrogen and oxygen atoms in total. The Kier molecular flexibility index (Phi) is 3.51. The number of anilines is 2. The van der Waals surface area contributed by atoms with Crippen LogP contribution in [-0.4, -0.2) is 50.2 Å². The van der Waals surface area contributed by atoms with Crippen molar-refractivity contribution in [1.82, 2.24) is 9.88 Å². The summed E-state index contributed by atoms with van der Waals surface area (Å²) in [4.78, 5) is 8.85. The Morgan fingerprint density at radius 3 is 2.56 bits per heavy atom. The van der Waals surface area contributed by atoms with Crippen LogP contribution in [0.1, 0.15) is 0 Å². The van der Waals surface area contributed by atoms with Crippen molar-refractivity contribution in [3.63, 3.8) is 0 Å². The van der Waals surface area contributed by atoms with E-state index < -0.39 is 0 Å². The fraction of sp³-hybridized carbons (Fsp3) is 0.545. The third kappa shape index (κ3) is 2.57. The molecule has 2 rings (SSSR count). The predicted octanol–water partition coefficient (Wildman–Crippen LogP) is 1.53. The molecule has 2 heterocycles. The highest BCUT2D eigenvalue weighted by Gasteiger charge is 2.15. The molecule has 0 aromatic carbocycles. The number of hydrogen-bond donors (Lipinski definition) is 1. The van der Waals surface area contributed by atoms with Gasteiger partial charge in [0, 0.05) is 45.0 Å². The SMILES string of the molecule is CNc1cc(N2CCN(C)CC2)cc(Cl)n1. The molecule has 0 unspecified atom stereocenters. The largest absolute Gasteiger partial charge is 0.373 e. The van der Waals surface area contributed by atoms with Gasteiger partial charge in [-0.25, -0.2) is 4.98 Å². The van der Waals surface area contributed by atoms with Gasteiger partial charge in [0.25, 0.3) is 0 Å². The number of rotatable bonds is 2. The molecule has 0 saturated carbocycles. The van der Waals surface area contributed by atoms with Crippen LogP contribution in [0.15, 0.2) is 12.1 Å². The summed E-state index contributed by atoms with van der Waals surface area (Å²) >= 11 is 5.99. The van der Waals surface area contributed by atoms with Gasteiger partial charge in [-0.05, 0) is 13.1 Å². The molecule has 0 bridgehead atoms. The fourth-order valence-electron chi connectivity index (χ4n) is 1.86. The maximum Gasteiger partial charge on any atom is 0.133 e. The van der Waals surface area contributed by atoms with Crippen LogP contribution in [-0.2, 0) is 0 Å². The van der Waals surface area contributed by atoms with Gasteiger partial charge in [0.2, 0.25) is 0 Å². The Bertz CT molecular complexity index is 361. The monoisotopic (exact) mass is 240 g/mol. The zero-order chi connectivity index (χ0) is 11.5. The normalized spacial score (nSPS) is 17.6. The second-order valence-corrected chi connectivity index (χ2v) is 4.46. The summed E-state index contributed by atoms with van der Waals surface area (Å²) in [7, 11) is 4.00. The number of hydrogen-bond acceptors (Lipinski definition) is 4. The minimum atomic E-state index is 0.542. The molecule has 88 valence electrons. The summed E-state index contributed by atoms with van der Waals surface area (Å²) in [6.07, 6.45) is 0. The molecule has 1 fully saturated rings. The average molecular weight is 241 g/mol. The lowest BCUT2D eigenvalue weighted by atomic mass is 10.2. The molecule has 0 amide bonds.